The van der Waals surface area contributed by atoms with Crippen LogP contribution in [0.5, 0.6) is 11.5 Å². The van der Waals surface area contributed by atoms with Gasteiger partial charge in [-0.1, -0.05) is 11.6 Å². The predicted octanol–water partition coefficient (Wildman–Crippen LogP) is 3.16. The molecule has 0 atom stereocenters. The van der Waals surface area contributed by atoms with Gasteiger partial charge in [0.25, 0.3) is 0 Å². The minimum Gasteiger partial charge on any atom is -0.490 e. The first-order valence-corrected chi connectivity index (χ1v) is 8.86. The van der Waals surface area contributed by atoms with Crippen molar-refractivity contribution in [3.05, 3.63) is 40.4 Å². The summed E-state index contributed by atoms with van der Waals surface area (Å²) in [7, 11) is 0. The second-order valence-corrected chi connectivity index (χ2v) is 6.11. The number of aromatic amines is 1. The van der Waals surface area contributed by atoms with E-state index in [1.807, 2.05) is 39.1 Å². The van der Waals surface area contributed by atoms with Crippen LogP contribution in [-0.4, -0.2) is 46.3 Å². The lowest BCUT2D eigenvalue weighted by Crippen LogP contribution is -2.26. The van der Waals surface area contributed by atoms with Gasteiger partial charge in [0.1, 0.15) is 5.82 Å². The lowest BCUT2D eigenvalue weighted by Gasteiger charge is -2.22. The van der Waals surface area contributed by atoms with Gasteiger partial charge in [0.05, 0.1) is 24.8 Å². The smallest absolute Gasteiger partial charge is 0.179 e. The summed E-state index contributed by atoms with van der Waals surface area (Å²) >= 11 is 6.38. The van der Waals surface area contributed by atoms with Gasteiger partial charge in [-0.3, -0.25) is 4.90 Å². The van der Waals surface area contributed by atoms with Crippen molar-refractivity contribution in [1.29, 1.82) is 0 Å². The molecular weight excluding hydrogens is 342 g/mol. The fourth-order valence-corrected chi connectivity index (χ4v) is 2.95. The van der Waals surface area contributed by atoms with Gasteiger partial charge in [0.2, 0.25) is 0 Å². The van der Waals surface area contributed by atoms with Gasteiger partial charge < -0.3 is 19.6 Å². The molecule has 0 aliphatic heterocycles. The molecule has 1 aromatic heterocycles. The highest BCUT2D eigenvalue weighted by Crippen LogP contribution is 2.37. The van der Waals surface area contributed by atoms with Crippen LogP contribution < -0.4 is 9.47 Å². The quantitative estimate of drug-likeness (QED) is 0.675. The summed E-state index contributed by atoms with van der Waals surface area (Å²) in [4.78, 5) is 9.55. The van der Waals surface area contributed by atoms with E-state index in [4.69, 9.17) is 21.1 Å². The van der Waals surface area contributed by atoms with Gasteiger partial charge in [-0.2, -0.15) is 0 Å². The Morgan fingerprint density at radius 3 is 2.56 bits per heavy atom. The summed E-state index contributed by atoms with van der Waals surface area (Å²) in [5.74, 6) is 2.10. The van der Waals surface area contributed by atoms with Crippen LogP contribution in [0.15, 0.2) is 18.3 Å². The molecule has 6 nitrogen and oxygen atoms in total. The van der Waals surface area contributed by atoms with Crippen LogP contribution in [0, 0.1) is 6.92 Å². The highest BCUT2D eigenvalue weighted by molar-refractivity contribution is 6.32. The van der Waals surface area contributed by atoms with E-state index in [1.165, 1.54) is 0 Å². The van der Waals surface area contributed by atoms with Crippen LogP contribution in [0.2, 0.25) is 5.02 Å². The minimum atomic E-state index is 0.0796. The molecule has 0 saturated carbocycles. The van der Waals surface area contributed by atoms with Gasteiger partial charge in [0.15, 0.2) is 11.5 Å². The summed E-state index contributed by atoms with van der Waals surface area (Å²) in [6.45, 7) is 8.73. The van der Waals surface area contributed by atoms with Crippen molar-refractivity contribution in [1.82, 2.24) is 14.9 Å². The van der Waals surface area contributed by atoms with E-state index in [-0.39, 0.29) is 6.61 Å². The number of benzene rings is 1. The first kappa shape index (κ1) is 19.6. The van der Waals surface area contributed by atoms with E-state index in [2.05, 4.69) is 14.9 Å². The first-order valence-electron chi connectivity index (χ1n) is 8.49. The fourth-order valence-electron chi connectivity index (χ4n) is 2.67. The molecule has 0 spiro atoms. The normalized spacial score (nSPS) is 11.1. The van der Waals surface area contributed by atoms with Crippen molar-refractivity contribution in [2.45, 2.75) is 33.9 Å². The Labute approximate surface area is 153 Å². The van der Waals surface area contributed by atoms with Crippen molar-refractivity contribution in [3.63, 3.8) is 0 Å². The van der Waals surface area contributed by atoms with E-state index in [1.54, 1.807) is 0 Å². The number of aliphatic hydroxyl groups excluding tert-OH is 1. The zero-order chi connectivity index (χ0) is 18.2. The van der Waals surface area contributed by atoms with E-state index >= 15 is 0 Å². The number of hydrogen-bond donors (Lipinski definition) is 2. The number of H-pyrrole nitrogens is 1. The summed E-state index contributed by atoms with van der Waals surface area (Å²) in [5.41, 5.74) is 2.01. The Kier molecular flexibility index (Phi) is 7.55. The summed E-state index contributed by atoms with van der Waals surface area (Å²) in [5, 5.41) is 9.90. The maximum Gasteiger partial charge on any atom is 0.179 e. The molecule has 25 heavy (non-hydrogen) atoms. The molecule has 0 bridgehead atoms. The zero-order valence-corrected chi connectivity index (χ0v) is 15.8. The maximum absolute atomic E-state index is 9.37. The number of imidazole rings is 1. The lowest BCUT2D eigenvalue weighted by molar-refractivity contribution is 0.182. The molecule has 2 N–H and O–H groups in total. The van der Waals surface area contributed by atoms with Gasteiger partial charge in [-0.15, -0.1) is 0 Å². The van der Waals surface area contributed by atoms with Gasteiger partial charge in [-0.05, 0) is 38.5 Å². The number of aliphatic hydroxyl groups is 1. The third-order valence-electron chi connectivity index (χ3n) is 3.63. The number of nitrogens with zero attached hydrogens (tertiary/aromatic N) is 2. The second-order valence-electron chi connectivity index (χ2n) is 5.70. The fraction of sp³-hybridized carbons (Fsp3) is 0.500. The van der Waals surface area contributed by atoms with Crippen LogP contribution in [0.25, 0.3) is 0 Å². The summed E-state index contributed by atoms with van der Waals surface area (Å²) < 4.78 is 11.3. The standard InChI is InChI=1S/C18H26ClN3O3/c1-4-24-17-9-14(8-16(19)18(17)25-5-2)11-22(6-7-23)12-15-10-20-13(3)21-15/h8-10,23H,4-7,11-12H2,1-3H3,(H,20,21). The van der Waals surface area contributed by atoms with Crippen LogP contribution in [0.4, 0.5) is 0 Å². The summed E-state index contributed by atoms with van der Waals surface area (Å²) in [6.07, 6.45) is 1.82. The monoisotopic (exact) mass is 367 g/mol. The largest absolute Gasteiger partial charge is 0.490 e. The molecule has 0 aliphatic rings. The molecule has 0 saturated heterocycles. The molecule has 2 aromatic rings. The Balaban J connectivity index is 2.19. The Morgan fingerprint density at radius 1 is 1.20 bits per heavy atom. The first-order chi connectivity index (χ1) is 12.1. The molecule has 1 aromatic carbocycles. The van der Waals surface area contributed by atoms with Crippen LogP contribution in [-0.2, 0) is 13.1 Å². The van der Waals surface area contributed by atoms with Crippen molar-refractivity contribution < 1.29 is 14.6 Å². The average molecular weight is 368 g/mol. The SMILES string of the molecule is CCOc1cc(CN(CCO)Cc2cnc(C)[nH]2)cc(Cl)c1OCC. The number of rotatable bonds is 10. The predicted molar refractivity (Wildman–Crippen MR) is 98.3 cm³/mol. The average Bonchev–Trinajstić information content (AvgIpc) is 2.96. The molecule has 2 rings (SSSR count). The molecule has 0 aliphatic carbocycles. The van der Waals surface area contributed by atoms with Crippen LogP contribution in [0.1, 0.15) is 30.9 Å². The molecule has 138 valence electrons. The Bertz CT molecular complexity index is 676. The maximum atomic E-state index is 9.37. The number of aryl methyl sites for hydroxylation is 1. The van der Waals surface area contributed by atoms with Gasteiger partial charge in [-0.25, -0.2) is 4.98 Å². The Morgan fingerprint density at radius 2 is 1.96 bits per heavy atom. The molecule has 1 heterocycles. The van der Waals surface area contributed by atoms with Crippen LogP contribution >= 0.6 is 11.6 Å². The molecule has 0 amide bonds. The third-order valence-corrected chi connectivity index (χ3v) is 3.91. The van der Waals surface area contributed by atoms with Crippen molar-refractivity contribution in [3.8, 4) is 11.5 Å². The van der Waals surface area contributed by atoms with Gasteiger partial charge >= 0.3 is 0 Å². The van der Waals surface area contributed by atoms with E-state index in [0.717, 1.165) is 17.1 Å². The third kappa shape index (κ3) is 5.63. The molecule has 7 heteroatoms. The molecule has 0 radical (unpaired) electrons. The highest BCUT2D eigenvalue weighted by Gasteiger charge is 2.15. The second kappa shape index (κ2) is 9.65. The van der Waals surface area contributed by atoms with E-state index in [9.17, 15) is 5.11 Å². The Hall–Kier alpha value is -1.76. The number of ether oxygens (including phenoxy) is 2. The highest BCUT2D eigenvalue weighted by atomic mass is 35.5. The topological polar surface area (TPSA) is 70.6 Å². The van der Waals surface area contributed by atoms with Crippen LogP contribution in [0.3, 0.4) is 0 Å². The number of hydrogen-bond acceptors (Lipinski definition) is 5. The molecular formula is C18H26ClN3O3. The van der Waals surface area contributed by atoms with Gasteiger partial charge in [0, 0.05) is 31.5 Å². The van der Waals surface area contributed by atoms with Crippen molar-refractivity contribution in [2.75, 3.05) is 26.4 Å². The van der Waals surface area contributed by atoms with Crippen molar-refractivity contribution in [2.24, 2.45) is 0 Å². The number of aromatic nitrogens is 2. The summed E-state index contributed by atoms with van der Waals surface area (Å²) in [6, 6.07) is 3.83. The zero-order valence-electron chi connectivity index (χ0n) is 15.0. The number of nitrogens with one attached hydrogen (secondary N) is 1. The molecule has 0 unspecified atom stereocenters. The number of halogens is 1. The van der Waals surface area contributed by atoms with E-state index < -0.39 is 0 Å². The minimum absolute atomic E-state index is 0.0796. The van der Waals surface area contributed by atoms with E-state index in [0.29, 0.717) is 49.4 Å². The lowest BCUT2D eigenvalue weighted by atomic mass is 10.1. The molecule has 0 fully saturated rings. The van der Waals surface area contributed by atoms with Crippen molar-refractivity contribution >= 4 is 11.6 Å².